The topological polar surface area (TPSA) is 115 Å². The van der Waals surface area contributed by atoms with Crippen LogP contribution in [0.3, 0.4) is 0 Å². The second-order valence-electron chi connectivity index (χ2n) is 7.54. The molecule has 0 N–H and O–H groups in total. The van der Waals surface area contributed by atoms with Crippen molar-refractivity contribution < 1.29 is 22.2 Å². The van der Waals surface area contributed by atoms with Crippen LogP contribution in [0.4, 0.5) is 0 Å². The summed E-state index contributed by atoms with van der Waals surface area (Å²) in [6, 6.07) is 4.59. The zero-order valence-electron chi connectivity index (χ0n) is 18.0. The van der Waals surface area contributed by atoms with Crippen molar-refractivity contribution in [3.8, 4) is 17.2 Å². The van der Waals surface area contributed by atoms with Gasteiger partial charge in [0.1, 0.15) is 22.0 Å². The highest BCUT2D eigenvalue weighted by Crippen LogP contribution is 2.30. The number of sulfonamides is 1. The molecule has 1 aromatic carbocycles. The molecule has 1 saturated heterocycles. The van der Waals surface area contributed by atoms with Crippen molar-refractivity contribution in [1.29, 1.82) is 0 Å². The van der Waals surface area contributed by atoms with Crippen LogP contribution in [0.15, 0.2) is 32.1 Å². The molecule has 12 heteroatoms. The largest absolute Gasteiger partial charge is 0.495 e. The van der Waals surface area contributed by atoms with Gasteiger partial charge in [-0.15, -0.1) is 0 Å². The Morgan fingerprint density at radius 2 is 1.94 bits per heavy atom. The normalized spacial score (nSPS) is 16.2. The lowest BCUT2D eigenvalue weighted by Gasteiger charge is -2.22. The lowest BCUT2D eigenvalue weighted by Crippen LogP contribution is -2.35. The highest BCUT2D eigenvalue weighted by molar-refractivity contribution is 7.89. The number of benzene rings is 1. The van der Waals surface area contributed by atoms with E-state index in [0.717, 1.165) is 0 Å². The number of hydrogen-bond donors (Lipinski definition) is 0. The molecule has 1 aliphatic heterocycles. The SMILES string of the molecule is COc1ccc(Cl)cc1S(=O)(=O)N1CCCN(Cc2noc(-c3c(C)noc3C)n2)CC1. The van der Waals surface area contributed by atoms with Gasteiger partial charge < -0.3 is 13.8 Å². The fraction of sp³-hybridized carbons (Fsp3) is 0.450. The van der Waals surface area contributed by atoms with Gasteiger partial charge in [-0.2, -0.15) is 9.29 Å². The standard InChI is InChI=1S/C20H24ClN5O5S/c1-13-19(14(2)30-23-13)20-22-18(24-31-20)12-25-7-4-8-26(10-9-25)32(27,28)17-11-15(21)5-6-16(17)29-3/h5-6,11H,4,7-10,12H2,1-3H3. The van der Waals surface area contributed by atoms with E-state index in [-0.39, 0.29) is 10.6 Å². The van der Waals surface area contributed by atoms with E-state index < -0.39 is 10.0 Å². The average Bonchev–Trinajstić information content (AvgIpc) is 3.25. The van der Waals surface area contributed by atoms with Crippen LogP contribution in [0.2, 0.25) is 5.02 Å². The van der Waals surface area contributed by atoms with E-state index in [4.69, 9.17) is 25.4 Å². The Morgan fingerprint density at radius 1 is 1.12 bits per heavy atom. The Hall–Kier alpha value is -2.47. The van der Waals surface area contributed by atoms with Crippen LogP contribution in [0.1, 0.15) is 23.7 Å². The molecule has 10 nitrogen and oxygen atoms in total. The first kappa shape index (κ1) is 22.7. The third-order valence-corrected chi connectivity index (χ3v) is 7.53. The van der Waals surface area contributed by atoms with Crippen LogP contribution in [-0.4, -0.2) is 66.2 Å². The van der Waals surface area contributed by atoms with Crippen molar-refractivity contribution in [1.82, 2.24) is 24.5 Å². The number of nitrogens with zero attached hydrogens (tertiary/aromatic N) is 5. The number of halogens is 1. The Morgan fingerprint density at radius 3 is 2.66 bits per heavy atom. The molecule has 0 atom stereocenters. The summed E-state index contributed by atoms with van der Waals surface area (Å²) < 4.78 is 43.8. The van der Waals surface area contributed by atoms with Crippen molar-refractivity contribution in [3.05, 3.63) is 40.5 Å². The lowest BCUT2D eigenvalue weighted by molar-refractivity contribution is 0.266. The predicted octanol–water partition coefficient (Wildman–Crippen LogP) is 2.90. The van der Waals surface area contributed by atoms with Gasteiger partial charge in [0.25, 0.3) is 5.89 Å². The molecule has 172 valence electrons. The monoisotopic (exact) mass is 481 g/mol. The Kier molecular flexibility index (Phi) is 6.52. The molecule has 0 bridgehead atoms. The number of methoxy groups -OCH3 is 1. The predicted molar refractivity (Wildman–Crippen MR) is 116 cm³/mol. The number of ether oxygens (including phenoxy) is 1. The third kappa shape index (κ3) is 4.51. The summed E-state index contributed by atoms with van der Waals surface area (Å²) in [5.41, 5.74) is 1.39. The molecule has 1 aliphatic rings. The van der Waals surface area contributed by atoms with Crippen LogP contribution >= 0.6 is 11.6 Å². The molecule has 0 spiro atoms. The molecule has 3 heterocycles. The van der Waals surface area contributed by atoms with Gasteiger partial charge in [-0.25, -0.2) is 8.42 Å². The second-order valence-corrected chi connectivity index (χ2v) is 9.89. The highest BCUT2D eigenvalue weighted by atomic mass is 35.5. The zero-order chi connectivity index (χ0) is 22.9. The Bertz CT molecular complexity index is 1190. The van der Waals surface area contributed by atoms with E-state index in [1.165, 1.54) is 17.5 Å². The van der Waals surface area contributed by atoms with Crippen LogP contribution in [0, 0.1) is 13.8 Å². The smallest absolute Gasteiger partial charge is 0.263 e. The average molecular weight is 482 g/mol. The summed E-state index contributed by atoms with van der Waals surface area (Å²) in [5, 5.41) is 8.32. The van der Waals surface area contributed by atoms with Crippen LogP contribution in [0.25, 0.3) is 11.5 Å². The number of rotatable bonds is 6. The molecule has 3 aromatic rings. The maximum atomic E-state index is 13.2. The van der Waals surface area contributed by atoms with Gasteiger partial charge in [-0.1, -0.05) is 21.9 Å². The van der Waals surface area contributed by atoms with Gasteiger partial charge in [0.05, 0.1) is 19.3 Å². The summed E-state index contributed by atoms with van der Waals surface area (Å²) in [7, 11) is -2.31. The van der Waals surface area contributed by atoms with E-state index in [0.29, 0.717) is 72.9 Å². The minimum atomic E-state index is -3.75. The van der Waals surface area contributed by atoms with Crippen molar-refractivity contribution >= 4 is 21.6 Å². The summed E-state index contributed by atoms with van der Waals surface area (Å²) >= 11 is 6.04. The molecule has 0 amide bonds. The molecule has 0 saturated carbocycles. The van der Waals surface area contributed by atoms with Crippen LogP contribution < -0.4 is 4.74 Å². The molecule has 2 aromatic heterocycles. The van der Waals surface area contributed by atoms with Gasteiger partial charge in [0.15, 0.2) is 5.82 Å². The van der Waals surface area contributed by atoms with Gasteiger partial charge in [-0.05, 0) is 45.0 Å². The van der Waals surface area contributed by atoms with Gasteiger partial charge >= 0.3 is 0 Å². The van der Waals surface area contributed by atoms with Gasteiger partial charge in [-0.3, -0.25) is 4.90 Å². The number of aromatic nitrogens is 3. The first-order chi connectivity index (χ1) is 15.3. The van der Waals surface area contributed by atoms with Crippen molar-refractivity contribution in [2.45, 2.75) is 31.7 Å². The summed E-state index contributed by atoms with van der Waals surface area (Å²) in [6.45, 7) is 6.00. The number of aryl methyl sites for hydroxylation is 2. The first-order valence-corrected chi connectivity index (χ1v) is 11.9. The Labute approximate surface area is 191 Å². The summed E-state index contributed by atoms with van der Waals surface area (Å²) in [5.74, 6) is 1.77. The molecular formula is C20H24ClN5O5S. The quantitative estimate of drug-likeness (QED) is 0.524. The fourth-order valence-electron chi connectivity index (χ4n) is 3.74. The van der Waals surface area contributed by atoms with Gasteiger partial charge in [0.2, 0.25) is 10.0 Å². The maximum absolute atomic E-state index is 13.2. The Balaban J connectivity index is 1.46. The molecule has 32 heavy (non-hydrogen) atoms. The molecule has 4 rings (SSSR count). The fourth-order valence-corrected chi connectivity index (χ4v) is 5.63. The van der Waals surface area contributed by atoms with E-state index in [1.807, 2.05) is 6.92 Å². The molecular weight excluding hydrogens is 458 g/mol. The third-order valence-electron chi connectivity index (χ3n) is 5.37. The van der Waals surface area contributed by atoms with E-state index in [2.05, 4.69) is 20.2 Å². The van der Waals surface area contributed by atoms with E-state index in [9.17, 15) is 8.42 Å². The van der Waals surface area contributed by atoms with Crippen molar-refractivity contribution in [2.24, 2.45) is 0 Å². The highest BCUT2D eigenvalue weighted by Gasteiger charge is 2.30. The first-order valence-electron chi connectivity index (χ1n) is 10.1. The molecule has 1 fully saturated rings. The minimum Gasteiger partial charge on any atom is -0.495 e. The molecule has 0 radical (unpaired) electrons. The zero-order valence-corrected chi connectivity index (χ0v) is 19.6. The van der Waals surface area contributed by atoms with Crippen molar-refractivity contribution in [3.63, 3.8) is 0 Å². The molecule has 0 aliphatic carbocycles. The number of hydrogen-bond acceptors (Lipinski definition) is 9. The summed E-state index contributed by atoms with van der Waals surface area (Å²) in [4.78, 5) is 6.64. The van der Waals surface area contributed by atoms with Gasteiger partial charge in [0, 0.05) is 24.7 Å². The minimum absolute atomic E-state index is 0.0724. The van der Waals surface area contributed by atoms with Crippen molar-refractivity contribution in [2.75, 3.05) is 33.3 Å². The van der Waals surface area contributed by atoms with Crippen LogP contribution in [-0.2, 0) is 16.6 Å². The molecule has 0 unspecified atom stereocenters. The summed E-state index contributed by atoms with van der Waals surface area (Å²) in [6.07, 6.45) is 0.663. The van der Waals surface area contributed by atoms with Crippen LogP contribution in [0.5, 0.6) is 5.75 Å². The second kappa shape index (κ2) is 9.18. The lowest BCUT2D eigenvalue weighted by atomic mass is 10.2. The van der Waals surface area contributed by atoms with E-state index >= 15 is 0 Å². The maximum Gasteiger partial charge on any atom is 0.263 e. The van der Waals surface area contributed by atoms with E-state index in [1.54, 1.807) is 19.1 Å².